The number of rotatable bonds is 8. The Labute approximate surface area is 199 Å². The Hall–Kier alpha value is -4.10. The molecular weight excluding hydrogens is 455 g/mol. The monoisotopic (exact) mass is 476 g/mol. The third-order valence-electron chi connectivity index (χ3n) is 5.25. The number of benzene rings is 1. The van der Waals surface area contributed by atoms with Crippen LogP contribution in [0.25, 0.3) is 17.3 Å². The number of furan rings is 1. The number of hydrogen-bond acceptors (Lipinski definition) is 6. The van der Waals surface area contributed by atoms with E-state index in [0.717, 1.165) is 5.69 Å². The van der Waals surface area contributed by atoms with E-state index in [9.17, 15) is 14.4 Å². The second kappa shape index (κ2) is 9.80. The van der Waals surface area contributed by atoms with E-state index in [4.69, 9.17) is 4.42 Å². The molecule has 4 aromatic rings. The average Bonchev–Trinajstić information content (AvgIpc) is 3.53. The molecule has 0 aliphatic carbocycles. The Balaban J connectivity index is 1.58. The van der Waals surface area contributed by atoms with E-state index in [2.05, 4.69) is 28.2 Å². The number of thioether (sulfide) groups is 1. The van der Waals surface area contributed by atoms with Gasteiger partial charge in [0.15, 0.2) is 10.9 Å². The summed E-state index contributed by atoms with van der Waals surface area (Å²) in [5.41, 5.74) is 2.29. The van der Waals surface area contributed by atoms with Gasteiger partial charge in [0.25, 0.3) is 0 Å². The Bertz CT molecular complexity index is 1400. The van der Waals surface area contributed by atoms with Crippen molar-refractivity contribution < 1.29 is 13.6 Å². The molecule has 0 radical (unpaired) electrons. The van der Waals surface area contributed by atoms with E-state index in [1.807, 2.05) is 6.92 Å². The molecule has 3 aromatic heterocycles. The van der Waals surface area contributed by atoms with Gasteiger partial charge in [0.1, 0.15) is 17.7 Å². The van der Waals surface area contributed by atoms with Gasteiger partial charge in [-0.1, -0.05) is 23.9 Å². The summed E-state index contributed by atoms with van der Waals surface area (Å²) in [5, 5.41) is 21.4. The Morgan fingerprint density at radius 2 is 2.15 bits per heavy atom. The van der Waals surface area contributed by atoms with Crippen molar-refractivity contribution in [1.29, 1.82) is 5.26 Å². The lowest BCUT2D eigenvalue weighted by molar-refractivity contribution is -0.113. The van der Waals surface area contributed by atoms with Gasteiger partial charge in [-0.25, -0.2) is 4.39 Å². The molecule has 0 spiro atoms. The molecule has 0 saturated heterocycles. The van der Waals surface area contributed by atoms with Gasteiger partial charge in [-0.2, -0.15) is 5.26 Å². The van der Waals surface area contributed by atoms with E-state index in [1.165, 1.54) is 23.9 Å². The lowest BCUT2D eigenvalue weighted by Gasteiger charge is -2.13. The Morgan fingerprint density at radius 1 is 1.32 bits per heavy atom. The van der Waals surface area contributed by atoms with Crippen LogP contribution in [-0.4, -0.2) is 31.0 Å². The second-order valence-corrected chi connectivity index (χ2v) is 8.32. The first kappa shape index (κ1) is 23.1. The zero-order chi connectivity index (χ0) is 24.2. The van der Waals surface area contributed by atoms with Crippen LogP contribution in [-0.2, 0) is 11.3 Å². The van der Waals surface area contributed by atoms with E-state index in [1.54, 1.807) is 52.7 Å². The SMILES string of the molecule is C=CCn1c(SCC(=O)Nc2c(C#N)c(C)c(C)n2-c2cccc(F)c2)nnc1-c1ccco1. The van der Waals surface area contributed by atoms with Gasteiger partial charge in [0.05, 0.1) is 23.3 Å². The maximum atomic E-state index is 13.9. The number of nitrogens with one attached hydrogen (secondary N) is 1. The second-order valence-electron chi connectivity index (χ2n) is 7.38. The first-order valence-electron chi connectivity index (χ1n) is 10.3. The van der Waals surface area contributed by atoms with Crippen molar-refractivity contribution in [3.8, 4) is 23.3 Å². The molecule has 172 valence electrons. The number of allylic oxidation sites excluding steroid dienone is 1. The smallest absolute Gasteiger partial charge is 0.236 e. The van der Waals surface area contributed by atoms with E-state index < -0.39 is 5.82 Å². The summed E-state index contributed by atoms with van der Waals surface area (Å²) in [7, 11) is 0. The minimum absolute atomic E-state index is 0.0186. The maximum Gasteiger partial charge on any atom is 0.236 e. The largest absolute Gasteiger partial charge is 0.461 e. The molecule has 3 heterocycles. The van der Waals surface area contributed by atoms with Gasteiger partial charge in [-0.15, -0.1) is 16.8 Å². The van der Waals surface area contributed by atoms with Gasteiger partial charge in [0.2, 0.25) is 11.7 Å². The highest BCUT2D eigenvalue weighted by molar-refractivity contribution is 7.99. The fourth-order valence-electron chi connectivity index (χ4n) is 3.57. The molecule has 1 aromatic carbocycles. The van der Waals surface area contributed by atoms with Crippen LogP contribution in [0.4, 0.5) is 10.2 Å². The summed E-state index contributed by atoms with van der Waals surface area (Å²) < 4.78 is 22.8. The van der Waals surface area contributed by atoms with E-state index >= 15 is 0 Å². The number of amides is 1. The van der Waals surface area contributed by atoms with E-state index in [0.29, 0.717) is 45.9 Å². The van der Waals surface area contributed by atoms with Crippen LogP contribution in [0.1, 0.15) is 16.8 Å². The molecule has 34 heavy (non-hydrogen) atoms. The first-order valence-corrected chi connectivity index (χ1v) is 11.3. The van der Waals surface area contributed by atoms with Gasteiger partial charge in [0, 0.05) is 12.2 Å². The molecule has 0 aliphatic rings. The van der Waals surface area contributed by atoms with Crippen molar-refractivity contribution in [2.24, 2.45) is 0 Å². The van der Waals surface area contributed by atoms with E-state index in [-0.39, 0.29) is 11.7 Å². The summed E-state index contributed by atoms with van der Waals surface area (Å²) in [6.07, 6.45) is 3.25. The highest BCUT2D eigenvalue weighted by atomic mass is 32.2. The van der Waals surface area contributed by atoms with Crippen molar-refractivity contribution in [1.82, 2.24) is 19.3 Å². The van der Waals surface area contributed by atoms with Crippen LogP contribution < -0.4 is 5.32 Å². The topological polar surface area (TPSA) is 102 Å². The predicted molar refractivity (Wildman–Crippen MR) is 127 cm³/mol. The van der Waals surface area contributed by atoms with Crippen LogP contribution in [0.15, 0.2) is 64.9 Å². The van der Waals surface area contributed by atoms with Gasteiger partial charge < -0.3 is 9.73 Å². The predicted octanol–water partition coefficient (Wildman–Crippen LogP) is 4.87. The van der Waals surface area contributed by atoms with Crippen molar-refractivity contribution in [2.45, 2.75) is 25.5 Å². The average molecular weight is 477 g/mol. The maximum absolute atomic E-state index is 13.9. The van der Waals surface area contributed by atoms with Crippen LogP contribution in [0, 0.1) is 31.0 Å². The number of carbonyl (C=O) groups excluding carboxylic acids is 1. The third kappa shape index (κ3) is 4.38. The number of hydrogen-bond donors (Lipinski definition) is 1. The van der Waals surface area contributed by atoms with Crippen molar-refractivity contribution in [3.05, 3.63) is 78.0 Å². The number of halogens is 1. The summed E-state index contributed by atoms with van der Waals surface area (Å²) >= 11 is 1.20. The summed E-state index contributed by atoms with van der Waals surface area (Å²) in [5.74, 6) is 0.657. The molecular formula is C24H21FN6O2S. The highest BCUT2D eigenvalue weighted by Crippen LogP contribution is 2.31. The molecule has 0 aliphatic heterocycles. The molecule has 0 fully saturated rings. The molecule has 0 bridgehead atoms. The first-order chi connectivity index (χ1) is 16.4. The number of anilines is 1. The summed E-state index contributed by atoms with van der Waals surface area (Å²) in [4.78, 5) is 12.9. The molecule has 8 nitrogen and oxygen atoms in total. The fraction of sp³-hybridized carbons (Fsp3) is 0.167. The fourth-order valence-corrected chi connectivity index (χ4v) is 4.32. The number of aromatic nitrogens is 4. The van der Waals surface area contributed by atoms with Crippen LogP contribution >= 0.6 is 11.8 Å². The molecule has 1 amide bonds. The third-order valence-corrected chi connectivity index (χ3v) is 6.22. The number of carbonyl (C=O) groups is 1. The minimum atomic E-state index is -0.413. The highest BCUT2D eigenvalue weighted by Gasteiger charge is 2.22. The Kier molecular flexibility index (Phi) is 6.65. The van der Waals surface area contributed by atoms with Crippen LogP contribution in [0.2, 0.25) is 0 Å². The molecule has 1 N–H and O–H groups in total. The van der Waals surface area contributed by atoms with Crippen LogP contribution in [0.3, 0.4) is 0 Å². The standard InChI is InChI=1S/C24H21FN6O2S/c1-4-10-30-23(20-9-6-11-33-20)28-29-24(30)34-14-21(32)27-22-19(13-26)15(2)16(3)31(22)18-8-5-7-17(25)12-18/h4-9,11-12H,1,10,14H2,2-3H3,(H,27,32). The summed E-state index contributed by atoms with van der Waals surface area (Å²) in [6, 6.07) is 11.7. The Morgan fingerprint density at radius 3 is 2.82 bits per heavy atom. The zero-order valence-corrected chi connectivity index (χ0v) is 19.4. The van der Waals surface area contributed by atoms with Crippen molar-refractivity contribution in [3.63, 3.8) is 0 Å². The quantitative estimate of drug-likeness (QED) is 0.287. The minimum Gasteiger partial charge on any atom is -0.461 e. The zero-order valence-electron chi connectivity index (χ0n) is 18.6. The van der Waals surface area contributed by atoms with Gasteiger partial charge in [-0.3, -0.25) is 13.9 Å². The number of nitriles is 1. The summed E-state index contributed by atoms with van der Waals surface area (Å²) in [6.45, 7) is 7.82. The van der Waals surface area contributed by atoms with Gasteiger partial charge >= 0.3 is 0 Å². The molecule has 0 atom stereocenters. The number of nitrogens with zero attached hydrogens (tertiary/aromatic N) is 5. The molecule has 0 unspecified atom stereocenters. The molecule has 10 heteroatoms. The van der Waals surface area contributed by atoms with Crippen molar-refractivity contribution in [2.75, 3.05) is 11.1 Å². The van der Waals surface area contributed by atoms with Crippen molar-refractivity contribution >= 4 is 23.5 Å². The van der Waals surface area contributed by atoms with Crippen LogP contribution in [0.5, 0.6) is 0 Å². The molecule has 0 saturated carbocycles. The van der Waals surface area contributed by atoms with Gasteiger partial charge in [-0.05, 0) is 49.7 Å². The normalized spacial score (nSPS) is 10.8. The lowest BCUT2D eigenvalue weighted by atomic mass is 10.2. The molecule has 4 rings (SSSR count). The lowest BCUT2D eigenvalue weighted by Crippen LogP contribution is -2.18.